The average Bonchev–Trinajstić information content (AvgIpc) is 2.07. The van der Waals surface area contributed by atoms with Crippen LogP contribution in [0.4, 0.5) is 0 Å². The molecule has 1 unspecified atom stereocenters. The van der Waals surface area contributed by atoms with Crippen molar-refractivity contribution in [1.82, 2.24) is 0 Å². The Kier molecular flexibility index (Phi) is 4.02. The number of hydrogen-bond donors (Lipinski definition) is 0. The van der Waals surface area contributed by atoms with Crippen LogP contribution in [0.25, 0.3) is 0 Å². The van der Waals surface area contributed by atoms with Gasteiger partial charge in [0.1, 0.15) is 11.0 Å². The van der Waals surface area contributed by atoms with Crippen LogP contribution in [0.2, 0.25) is 0 Å². The zero-order valence-corrected chi connectivity index (χ0v) is 7.74. The van der Waals surface area contributed by atoms with Crippen LogP contribution in [-0.2, 0) is 11.2 Å². The predicted octanol–water partition coefficient (Wildman–Crippen LogP) is 2.25. The summed E-state index contributed by atoms with van der Waals surface area (Å²) in [6, 6.07) is 0. The third-order valence-corrected chi connectivity index (χ3v) is 3.99. The summed E-state index contributed by atoms with van der Waals surface area (Å²) in [5.41, 5.74) is 0. The minimum absolute atomic E-state index is 0.474. The first-order valence-electron chi connectivity index (χ1n) is 4.32. The van der Waals surface area contributed by atoms with Gasteiger partial charge < -0.3 is 4.55 Å². The zero-order chi connectivity index (χ0) is 8.10. The van der Waals surface area contributed by atoms with Gasteiger partial charge in [0.05, 0.1) is 0 Å². The van der Waals surface area contributed by atoms with E-state index in [4.69, 9.17) is 0 Å². The fraction of sp³-hybridized carbons (Fsp3) is 0.778. The molecule has 1 atom stereocenters. The van der Waals surface area contributed by atoms with E-state index in [0.29, 0.717) is 11.0 Å². The molecule has 0 amide bonds. The van der Waals surface area contributed by atoms with Crippen LogP contribution in [-0.4, -0.2) is 15.6 Å². The first kappa shape index (κ1) is 9.14. The van der Waals surface area contributed by atoms with Crippen LogP contribution in [0.3, 0.4) is 0 Å². The van der Waals surface area contributed by atoms with Gasteiger partial charge in [0, 0.05) is 0 Å². The molecule has 0 aromatic heterocycles. The van der Waals surface area contributed by atoms with Crippen LogP contribution in [0.5, 0.6) is 0 Å². The fourth-order valence-corrected chi connectivity index (χ4v) is 2.94. The molecule has 0 radical (unpaired) electrons. The lowest BCUT2D eigenvalue weighted by atomic mass is 10.0. The fourth-order valence-electron chi connectivity index (χ4n) is 1.58. The maximum Gasteiger partial charge on any atom is 0.123 e. The molecule has 11 heavy (non-hydrogen) atoms. The summed E-state index contributed by atoms with van der Waals surface area (Å²) < 4.78 is 11.4. The topological polar surface area (TPSA) is 23.1 Å². The van der Waals surface area contributed by atoms with E-state index in [2.05, 4.69) is 6.58 Å². The third-order valence-electron chi connectivity index (χ3n) is 2.21. The molecule has 1 saturated carbocycles. The Bertz CT molecular complexity index is 119. The molecule has 0 aromatic carbocycles. The van der Waals surface area contributed by atoms with Gasteiger partial charge in [0.2, 0.25) is 0 Å². The van der Waals surface area contributed by atoms with Crippen molar-refractivity contribution in [3.63, 3.8) is 0 Å². The molecule has 0 heterocycles. The second-order valence-corrected chi connectivity index (χ2v) is 4.86. The van der Waals surface area contributed by atoms with E-state index in [1.807, 2.05) is 0 Å². The van der Waals surface area contributed by atoms with Gasteiger partial charge in [-0.3, -0.25) is 0 Å². The molecular formula is C9H16OS. The molecule has 1 nitrogen and oxygen atoms in total. The molecule has 1 aliphatic rings. The summed E-state index contributed by atoms with van der Waals surface area (Å²) in [4.78, 5) is 0. The zero-order valence-electron chi connectivity index (χ0n) is 6.92. The Morgan fingerprint density at radius 2 is 2.00 bits per heavy atom. The van der Waals surface area contributed by atoms with Crippen LogP contribution < -0.4 is 0 Å². The molecule has 0 aliphatic heterocycles. The van der Waals surface area contributed by atoms with Crippen LogP contribution in [0, 0.1) is 0 Å². The van der Waals surface area contributed by atoms with Gasteiger partial charge in [0.15, 0.2) is 0 Å². The quantitative estimate of drug-likeness (QED) is 0.473. The Balaban J connectivity index is 2.26. The first-order chi connectivity index (χ1) is 5.34. The minimum Gasteiger partial charge on any atom is -0.616 e. The van der Waals surface area contributed by atoms with E-state index in [0.717, 1.165) is 0 Å². The molecule has 1 aliphatic carbocycles. The third kappa shape index (κ3) is 2.88. The molecule has 64 valence electrons. The monoisotopic (exact) mass is 172 g/mol. The molecular weight excluding hydrogens is 156 g/mol. The molecule has 2 heteroatoms. The van der Waals surface area contributed by atoms with Crippen molar-refractivity contribution in [2.24, 2.45) is 0 Å². The standard InChI is InChI=1S/C9H16OS/c1-2-8-11(10)9-6-4-3-5-7-9/h2,9H,1,3-8H2. The van der Waals surface area contributed by atoms with E-state index >= 15 is 0 Å². The largest absolute Gasteiger partial charge is 0.616 e. The molecule has 0 N–H and O–H groups in total. The Hall–Kier alpha value is 0.0500. The normalized spacial score (nSPS) is 23.0. The SMILES string of the molecule is C=CC[S+]([O-])C1CCCCC1. The van der Waals surface area contributed by atoms with Gasteiger partial charge in [-0.15, -0.1) is 0 Å². The smallest absolute Gasteiger partial charge is 0.123 e. The van der Waals surface area contributed by atoms with Gasteiger partial charge in [-0.25, -0.2) is 0 Å². The lowest BCUT2D eigenvalue weighted by Gasteiger charge is -2.24. The van der Waals surface area contributed by atoms with Crippen LogP contribution >= 0.6 is 0 Å². The highest BCUT2D eigenvalue weighted by Crippen LogP contribution is 2.23. The van der Waals surface area contributed by atoms with Gasteiger partial charge in [0.25, 0.3) is 0 Å². The summed E-state index contributed by atoms with van der Waals surface area (Å²) in [5.74, 6) is 0.685. The van der Waals surface area contributed by atoms with E-state index in [1.54, 1.807) is 6.08 Å². The summed E-state index contributed by atoms with van der Waals surface area (Å²) in [6.45, 7) is 3.60. The van der Waals surface area contributed by atoms with Crippen LogP contribution in [0.1, 0.15) is 32.1 Å². The second-order valence-electron chi connectivity index (χ2n) is 3.10. The van der Waals surface area contributed by atoms with Gasteiger partial charge in [-0.05, 0) is 42.9 Å². The van der Waals surface area contributed by atoms with Crippen molar-refractivity contribution in [2.75, 3.05) is 5.75 Å². The lowest BCUT2D eigenvalue weighted by Crippen LogP contribution is -2.25. The summed E-state index contributed by atoms with van der Waals surface area (Å²) in [7, 11) is 0. The molecule has 0 saturated heterocycles. The number of rotatable bonds is 3. The summed E-state index contributed by atoms with van der Waals surface area (Å²) >= 11 is -0.625. The van der Waals surface area contributed by atoms with Crippen molar-refractivity contribution in [3.8, 4) is 0 Å². The Morgan fingerprint density at radius 3 is 2.55 bits per heavy atom. The molecule has 0 spiro atoms. The van der Waals surface area contributed by atoms with E-state index in [1.165, 1.54) is 32.1 Å². The van der Waals surface area contributed by atoms with E-state index < -0.39 is 11.2 Å². The summed E-state index contributed by atoms with van der Waals surface area (Å²) in [5, 5.41) is 0.474. The van der Waals surface area contributed by atoms with Crippen molar-refractivity contribution < 1.29 is 4.55 Å². The molecule has 1 rings (SSSR count). The predicted molar refractivity (Wildman–Crippen MR) is 50.1 cm³/mol. The first-order valence-corrected chi connectivity index (χ1v) is 5.71. The maximum absolute atomic E-state index is 11.4. The van der Waals surface area contributed by atoms with Crippen molar-refractivity contribution in [3.05, 3.63) is 12.7 Å². The number of hydrogen-bond acceptors (Lipinski definition) is 1. The maximum atomic E-state index is 11.4. The van der Waals surface area contributed by atoms with Gasteiger partial charge in [-0.1, -0.05) is 13.0 Å². The second kappa shape index (κ2) is 4.83. The highest BCUT2D eigenvalue weighted by atomic mass is 32.2. The Morgan fingerprint density at radius 1 is 1.36 bits per heavy atom. The minimum atomic E-state index is -0.625. The molecule has 0 bridgehead atoms. The highest BCUT2D eigenvalue weighted by molar-refractivity contribution is 7.92. The summed E-state index contributed by atoms with van der Waals surface area (Å²) in [6.07, 6.45) is 7.98. The average molecular weight is 172 g/mol. The highest BCUT2D eigenvalue weighted by Gasteiger charge is 2.23. The lowest BCUT2D eigenvalue weighted by molar-refractivity contribution is 0.485. The van der Waals surface area contributed by atoms with Crippen LogP contribution in [0.15, 0.2) is 12.7 Å². The Labute approximate surface area is 72.1 Å². The van der Waals surface area contributed by atoms with Crippen molar-refractivity contribution >= 4 is 11.2 Å². The van der Waals surface area contributed by atoms with E-state index in [-0.39, 0.29) is 0 Å². The van der Waals surface area contributed by atoms with Gasteiger partial charge >= 0.3 is 0 Å². The molecule has 1 fully saturated rings. The van der Waals surface area contributed by atoms with Crippen molar-refractivity contribution in [1.29, 1.82) is 0 Å². The van der Waals surface area contributed by atoms with Crippen molar-refractivity contribution in [2.45, 2.75) is 37.4 Å². The molecule has 0 aromatic rings. The van der Waals surface area contributed by atoms with E-state index in [9.17, 15) is 4.55 Å². The van der Waals surface area contributed by atoms with Gasteiger partial charge in [-0.2, -0.15) is 0 Å².